The molecule has 6 heteroatoms. The smallest absolute Gasteiger partial charge is 0.339 e. The van der Waals surface area contributed by atoms with E-state index in [0.717, 1.165) is 12.4 Å². The van der Waals surface area contributed by atoms with Crippen LogP contribution in [-0.4, -0.2) is 25.7 Å². The molecule has 0 aromatic carbocycles. The normalized spacial score (nSPS) is 10.7. The minimum atomic E-state index is -1.10. The molecule has 0 radical (unpaired) electrons. The zero-order chi connectivity index (χ0) is 10.3. The van der Waals surface area contributed by atoms with Crippen molar-refractivity contribution in [1.82, 2.24) is 14.6 Å². The number of carboxylic acids is 1. The van der Waals surface area contributed by atoms with Gasteiger partial charge in [0.2, 0.25) is 0 Å². The maximum Gasteiger partial charge on any atom is 0.339 e. The minimum absolute atomic E-state index is 0.0144. The molecule has 0 saturated carbocycles. The van der Waals surface area contributed by atoms with Crippen LogP contribution in [0.5, 0.6) is 0 Å². The molecule has 0 bridgehead atoms. The first kappa shape index (κ1) is 8.61. The number of aromatic carboxylic acids is 1. The van der Waals surface area contributed by atoms with Crippen LogP contribution in [0.15, 0.2) is 12.4 Å². The molecule has 0 aliphatic heterocycles. The third kappa shape index (κ3) is 1.04. The van der Waals surface area contributed by atoms with E-state index in [0.29, 0.717) is 5.69 Å². The van der Waals surface area contributed by atoms with Crippen molar-refractivity contribution in [1.29, 1.82) is 0 Å². The largest absolute Gasteiger partial charge is 0.478 e. The summed E-state index contributed by atoms with van der Waals surface area (Å²) >= 11 is 0. The minimum Gasteiger partial charge on any atom is -0.478 e. The first-order valence-corrected chi connectivity index (χ1v) is 3.83. The fraction of sp³-hybridized carbons (Fsp3) is 0.125. The van der Waals surface area contributed by atoms with Crippen molar-refractivity contribution in [2.24, 2.45) is 0 Å². The summed E-state index contributed by atoms with van der Waals surface area (Å²) in [4.78, 5) is 14.4. The van der Waals surface area contributed by atoms with Crippen molar-refractivity contribution in [2.75, 3.05) is 0 Å². The molecule has 72 valence electrons. The molecule has 0 atom stereocenters. The SMILES string of the molecule is Cc1c(C(=O)O)cnc2c(F)cnn12. The topological polar surface area (TPSA) is 67.5 Å². The fourth-order valence-corrected chi connectivity index (χ4v) is 1.23. The Hall–Kier alpha value is -1.98. The van der Waals surface area contributed by atoms with Crippen molar-refractivity contribution in [3.63, 3.8) is 0 Å². The lowest BCUT2D eigenvalue weighted by molar-refractivity contribution is 0.0695. The van der Waals surface area contributed by atoms with Gasteiger partial charge in [-0.1, -0.05) is 0 Å². The van der Waals surface area contributed by atoms with Crippen LogP contribution in [0.4, 0.5) is 4.39 Å². The summed E-state index contributed by atoms with van der Waals surface area (Å²) in [6.45, 7) is 1.55. The van der Waals surface area contributed by atoms with Gasteiger partial charge in [0.15, 0.2) is 11.5 Å². The Labute approximate surface area is 77.8 Å². The first-order valence-electron chi connectivity index (χ1n) is 3.83. The van der Waals surface area contributed by atoms with E-state index in [1.54, 1.807) is 6.92 Å². The summed E-state index contributed by atoms with van der Waals surface area (Å²) in [6, 6.07) is 0. The maximum atomic E-state index is 13.0. The monoisotopic (exact) mass is 195 g/mol. The van der Waals surface area contributed by atoms with E-state index >= 15 is 0 Å². The summed E-state index contributed by atoms with van der Waals surface area (Å²) in [7, 11) is 0. The van der Waals surface area contributed by atoms with Crippen molar-refractivity contribution in [3.8, 4) is 0 Å². The molecule has 2 heterocycles. The average molecular weight is 195 g/mol. The summed E-state index contributed by atoms with van der Waals surface area (Å²) in [5, 5.41) is 12.4. The Morgan fingerprint density at radius 3 is 2.93 bits per heavy atom. The van der Waals surface area contributed by atoms with Crippen molar-refractivity contribution < 1.29 is 14.3 Å². The number of hydrogen-bond donors (Lipinski definition) is 1. The van der Waals surface area contributed by atoms with Crippen LogP contribution in [0.25, 0.3) is 5.65 Å². The third-order valence-electron chi connectivity index (χ3n) is 1.95. The van der Waals surface area contributed by atoms with Crippen molar-refractivity contribution in [3.05, 3.63) is 29.5 Å². The van der Waals surface area contributed by atoms with Crippen molar-refractivity contribution >= 4 is 11.6 Å². The molecule has 0 aliphatic carbocycles. The highest BCUT2D eigenvalue weighted by atomic mass is 19.1. The number of aromatic nitrogens is 3. The summed E-state index contributed by atoms with van der Waals surface area (Å²) in [5.41, 5.74) is 0.402. The van der Waals surface area contributed by atoms with Gasteiger partial charge in [-0.05, 0) is 6.92 Å². The number of rotatable bonds is 1. The van der Waals surface area contributed by atoms with Crippen LogP contribution in [0.1, 0.15) is 16.1 Å². The molecule has 0 saturated heterocycles. The second kappa shape index (κ2) is 2.76. The van der Waals surface area contributed by atoms with Crippen LogP contribution in [-0.2, 0) is 0 Å². The van der Waals surface area contributed by atoms with Gasteiger partial charge < -0.3 is 5.11 Å². The number of fused-ring (bicyclic) bond motifs is 1. The van der Waals surface area contributed by atoms with Crippen LogP contribution in [0, 0.1) is 12.7 Å². The number of halogens is 1. The Morgan fingerprint density at radius 2 is 2.29 bits per heavy atom. The maximum absolute atomic E-state index is 13.0. The van der Waals surface area contributed by atoms with Gasteiger partial charge in [-0.15, -0.1) is 0 Å². The van der Waals surface area contributed by atoms with E-state index in [2.05, 4.69) is 10.1 Å². The molecular formula is C8H6FN3O2. The number of aryl methyl sites for hydroxylation is 1. The van der Waals surface area contributed by atoms with Gasteiger partial charge in [0.25, 0.3) is 0 Å². The van der Waals surface area contributed by atoms with Crippen LogP contribution in [0.2, 0.25) is 0 Å². The summed E-state index contributed by atoms with van der Waals surface area (Å²) < 4.78 is 14.1. The van der Waals surface area contributed by atoms with Crippen molar-refractivity contribution in [2.45, 2.75) is 6.92 Å². The first-order chi connectivity index (χ1) is 6.61. The molecule has 0 unspecified atom stereocenters. The van der Waals surface area contributed by atoms with Gasteiger partial charge in [-0.2, -0.15) is 5.10 Å². The van der Waals surface area contributed by atoms with Crippen LogP contribution in [0.3, 0.4) is 0 Å². The number of nitrogens with zero attached hydrogens (tertiary/aromatic N) is 3. The molecule has 14 heavy (non-hydrogen) atoms. The molecule has 2 rings (SSSR count). The highest BCUT2D eigenvalue weighted by Gasteiger charge is 2.13. The highest BCUT2D eigenvalue weighted by molar-refractivity contribution is 5.88. The van der Waals surface area contributed by atoms with Gasteiger partial charge in [-0.3, -0.25) is 0 Å². The van der Waals surface area contributed by atoms with E-state index in [1.165, 1.54) is 4.52 Å². The quantitative estimate of drug-likeness (QED) is 0.733. The zero-order valence-electron chi connectivity index (χ0n) is 7.23. The van der Waals surface area contributed by atoms with Gasteiger partial charge in [0.05, 0.1) is 17.5 Å². The molecule has 5 nitrogen and oxygen atoms in total. The second-order valence-electron chi connectivity index (χ2n) is 2.79. The lowest BCUT2D eigenvalue weighted by Crippen LogP contribution is -2.07. The van der Waals surface area contributed by atoms with E-state index in [9.17, 15) is 9.18 Å². The predicted molar refractivity (Wildman–Crippen MR) is 44.6 cm³/mol. The Morgan fingerprint density at radius 1 is 1.57 bits per heavy atom. The number of hydrogen-bond acceptors (Lipinski definition) is 3. The van der Waals surface area contributed by atoms with Crippen LogP contribution >= 0.6 is 0 Å². The van der Waals surface area contributed by atoms with Crippen LogP contribution < -0.4 is 0 Å². The lowest BCUT2D eigenvalue weighted by atomic mass is 10.2. The van der Waals surface area contributed by atoms with Gasteiger partial charge in [0, 0.05) is 6.20 Å². The highest BCUT2D eigenvalue weighted by Crippen LogP contribution is 2.11. The Bertz CT molecular complexity index is 521. The molecule has 1 N–H and O–H groups in total. The molecule has 2 aromatic heterocycles. The van der Waals surface area contributed by atoms with E-state index < -0.39 is 11.8 Å². The standard InChI is InChI=1S/C8H6FN3O2/c1-4-5(8(13)14)2-10-7-6(9)3-11-12(4)7/h2-3H,1H3,(H,13,14). The lowest BCUT2D eigenvalue weighted by Gasteiger charge is -2.01. The summed E-state index contributed by atoms with van der Waals surface area (Å²) in [5.74, 6) is -1.67. The molecule has 2 aromatic rings. The number of carboxylic acid groups (broad SMARTS) is 1. The molecule has 0 spiro atoms. The third-order valence-corrected chi connectivity index (χ3v) is 1.95. The van der Waals surface area contributed by atoms with Gasteiger partial charge in [-0.25, -0.2) is 18.7 Å². The molecule has 0 fully saturated rings. The predicted octanol–water partition coefficient (Wildman–Crippen LogP) is 0.875. The van der Waals surface area contributed by atoms with E-state index in [1.807, 2.05) is 0 Å². The van der Waals surface area contributed by atoms with E-state index in [4.69, 9.17) is 5.11 Å². The average Bonchev–Trinajstić information content (AvgIpc) is 2.49. The number of carbonyl (C=O) groups is 1. The molecule has 0 amide bonds. The second-order valence-corrected chi connectivity index (χ2v) is 2.79. The Kier molecular flexibility index (Phi) is 1.70. The van der Waals surface area contributed by atoms with Gasteiger partial charge in [0.1, 0.15) is 0 Å². The zero-order valence-corrected chi connectivity index (χ0v) is 7.23. The van der Waals surface area contributed by atoms with Gasteiger partial charge >= 0.3 is 5.97 Å². The molecular weight excluding hydrogens is 189 g/mol. The fourth-order valence-electron chi connectivity index (χ4n) is 1.23. The van der Waals surface area contributed by atoms with E-state index in [-0.39, 0.29) is 11.2 Å². The Balaban J connectivity index is 2.82. The molecule has 0 aliphatic rings. The summed E-state index contributed by atoms with van der Waals surface area (Å²) in [6.07, 6.45) is 2.12.